The molecule has 5 aromatic rings. The van der Waals surface area contributed by atoms with Gasteiger partial charge in [-0.25, -0.2) is 13.4 Å². The molecule has 0 aliphatic heterocycles. The van der Waals surface area contributed by atoms with Crippen LogP contribution in [0.1, 0.15) is 19.4 Å². The first kappa shape index (κ1) is 29.5. The Morgan fingerprint density at radius 2 is 1.84 bits per heavy atom. The number of nitrogens with one attached hydrogen (secondary N) is 1. The first-order valence-electron chi connectivity index (χ1n) is 12.8. The zero-order valence-corrected chi connectivity index (χ0v) is 24.4. The van der Waals surface area contributed by atoms with Gasteiger partial charge in [-0.2, -0.15) is 14.1 Å². The number of benzene rings is 2. The van der Waals surface area contributed by atoms with Crippen molar-refractivity contribution in [3.8, 4) is 5.69 Å². The first-order chi connectivity index (χ1) is 20.7. The van der Waals surface area contributed by atoms with Gasteiger partial charge in [-0.15, -0.1) is 5.10 Å². The summed E-state index contributed by atoms with van der Waals surface area (Å²) in [6, 6.07) is 17.7. The number of anilines is 1. The molecule has 0 bridgehead atoms. The molecule has 0 aliphatic carbocycles. The van der Waals surface area contributed by atoms with E-state index in [2.05, 4.69) is 31.0 Å². The number of pyridine rings is 1. The lowest BCUT2D eigenvalue weighted by Gasteiger charge is -2.18. The topological polar surface area (TPSA) is 183 Å². The summed E-state index contributed by atoms with van der Waals surface area (Å²) in [7, 11) is -3.93. The van der Waals surface area contributed by atoms with Crippen molar-refractivity contribution in [1.29, 1.82) is 0 Å². The van der Waals surface area contributed by atoms with E-state index >= 15 is 0 Å². The Morgan fingerprint density at radius 3 is 2.56 bits per heavy atom. The van der Waals surface area contributed by atoms with Crippen LogP contribution in [0.2, 0.25) is 0 Å². The van der Waals surface area contributed by atoms with Gasteiger partial charge in [0.15, 0.2) is 0 Å². The molecule has 0 aliphatic rings. The van der Waals surface area contributed by atoms with Crippen molar-refractivity contribution in [1.82, 2.24) is 33.9 Å². The van der Waals surface area contributed by atoms with E-state index in [0.29, 0.717) is 16.5 Å². The molecule has 0 spiro atoms. The average Bonchev–Trinajstić information content (AvgIpc) is 3.47. The summed E-state index contributed by atoms with van der Waals surface area (Å²) in [4.78, 5) is 29.0. The molecule has 0 unspecified atom stereocenters. The van der Waals surface area contributed by atoms with Crippen LogP contribution in [0.3, 0.4) is 0 Å². The highest BCUT2D eigenvalue weighted by atomic mass is 32.2. The smallest absolute Gasteiger partial charge is 0.272 e. The second-order valence-corrected chi connectivity index (χ2v) is 11.7. The third kappa shape index (κ3) is 5.99. The van der Waals surface area contributed by atoms with Crippen LogP contribution >= 0.6 is 11.8 Å². The Morgan fingerprint density at radius 1 is 1.09 bits per heavy atom. The number of nitro groups is 1. The van der Waals surface area contributed by atoms with Crippen molar-refractivity contribution < 1.29 is 13.3 Å². The number of sulfonamides is 1. The van der Waals surface area contributed by atoms with Gasteiger partial charge in [0.25, 0.3) is 11.2 Å². The second kappa shape index (κ2) is 12.5. The number of para-hydroxylation sites is 1. The molecular weight excluding hydrogens is 596 g/mol. The Kier molecular flexibility index (Phi) is 8.56. The highest BCUT2D eigenvalue weighted by molar-refractivity contribution is 7.99. The fourth-order valence-electron chi connectivity index (χ4n) is 4.13. The highest BCUT2D eigenvalue weighted by Gasteiger charge is 2.26. The van der Waals surface area contributed by atoms with Gasteiger partial charge in [0.05, 0.1) is 27.3 Å². The zero-order valence-electron chi connectivity index (χ0n) is 22.8. The number of hydrogen-bond donors (Lipinski definition) is 1. The van der Waals surface area contributed by atoms with Crippen molar-refractivity contribution in [3.63, 3.8) is 0 Å². The van der Waals surface area contributed by atoms with Crippen molar-refractivity contribution in [2.75, 3.05) is 18.5 Å². The molecule has 0 amide bonds. The van der Waals surface area contributed by atoms with E-state index in [4.69, 9.17) is 0 Å². The first-order valence-corrected chi connectivity index (χ1v) is 15.1. The van der Waals surface area contributed by atoms with Crippen LogP contribution in [0.25, 0.3) is 11.3 Å². The second-order valence-electron chi connectivity index (χ2n) is 8.77. The molecule has 5 rings (SSSR count). The van der Waals surface area contributed by atoms with Gasteiger partial charge in [0.2, 0.25) is 15.2 Å². The minimum Gasteiger partial charge on any atom is -0.272 e. The summed E-state index contributed by atoms with van der Waals surface area (Å²) in [6.07, 6.45) is 2.75. The molecule has 3 aromatic heterocycles. The van der Waals surface area contributed by atoms with Gasteiger partial charge in [0.1, 0.15) is 16.4 Å². The van der Waals surface area contributed by atoms with Crippen molar-refractivity contribution >= 4 is 45.0 Å². The number of tetrazole rings is 1. The highest BCUT2D eigenvalue weighted by Crippen LogP contribution is 2.30. The average molecular weight is 621 g/mol. The summed E-state index contributed by atoms with van der Waals surface area (Å²) >= 11 is 1.04. The van der Waals surface area contributed by atoms with Crippen LogP contribution in [-0.4, -0.2) is 66.5 Å². The maximum absolute atomic E-state index is 13.5. The standard InChI is InChI=1S/C26H24N10O5S2/c1-3-33(4-2)43(40,41)19-13-14-21(22(16-19)36(38)39)29-27-17-20-24(28-23-12-8-9-15-34(23)25(20)37)42-26-30-31-32-35(26)18-10-6-5-7-11-18/h5-17,29H,3-4H2,1-2H3. The van der Waals surface area contributed by atoms with Crippen LogP contribution in [0.5, 0.6) is 0 Å². The minimum atomic E-state index is -3.93. The Labute approximate surface area is 249 Å². The quantitative estimate of drug-likeness (QED) is 0.0990. The molecular formula is C26H24N10O5S2. The monoisotopic (exact) mass is 620 g/mol. The summed E-state index contributed by atoms with van der Waals surface area (Å²) in [5.74, 6) is 0. The maximum Gasteiger partial charge on any atom is 0.295 e. The molecule has 0 saturated heterocycles. The van der Waals surface area contributed by atoms with Gasteiger partial charge < -0.3 is 0 Å². The van der Waals surface area contributed by atoms with E-state index in [1.54, 1.807) is 38.2 Å². The molecule has 2 aromatic carbocycles. The maximum atomic E-state index is 13.5. The number of hydrogen-bond acceptors (Lipinski definition) is 12. The normalized spacial score (nSPS) is 11.9. The number of hydrazone groups is 1. The fraction of sp³-hybridized carbons (Fsp3) is 0.154. The third-order valence-corrected chi connectivity index (χ3v) is 9.24. The van der Waals surface area contributed by atoms with Crippen molar-refractivity contribution in [2.45, 2.75) is 28.9 Å². The van der Waals surface area contributed by atoms with E-state index in [1.807, 2.05) is 30.3 Å². The molecule has 1 N–H and O–H groups in total. The van der Waals surface area contributed by atoms with Gasteiger partial charge in [-0.3, -0.25) is 24.7 Å². The van der Waals surface area contributed by atoms with E-state index < -0.39 is 26.2 Å². The van der Waals surface area contributed by atoms with E-state index in [9.17, 15) is 23.3 Å². The molecule has 0 radical (unpaired) electrons. The molecule has 17 heteroatoms. The summed E-state index contributed by atoms with van der Waals surface area (Å²) in [5.41, 5.74) is 2.67. The fourth-order valence-corrected chi connectivity index (χ4v) is 6.47. The SMILES string of the molecule is CCN(CC)S(=O)(=O)c1ccc(NN=Cc2c(Sc3nnnn3-c3ccccc3)nc3ccccn3c2=O)c([N+](=O)[O-])c1. The summed E-state index contributed by atoms with van der Waals surface area (Å²) < 4.78 is 29.8. The summed E-state index contributed by atoms with van der Waals surface area (Å²) in [5, 5.41) is 28.4. The van der Waals surface area contributed by atoms with Crippen LogP contribution < -0.4 is 11.0 Å². The molecule has 0 fully saturated rings. The number of fused-ring (bicyclic) bond motifs is 1. The molecule has 3 heterocycles. The minimum absolute atomic E-state index is 0.0622. The summed E-state index contributed by atoms with van der Waals surface area (Å²) in [6.45, 7) is 3.78. The van der Waals surface area contributed by atoms with E-state index in [1.165, 1.54) is 31.7 Å². The number of nitro benzene ring substituents is 1. The lowest BCUT2D eigenvalue weighted by Crippen LogP contribution is -2.30. The van der Waals surface area contributed by atoms with Gasteiger partial charge in [-0.05, 0) is 58.6 Å². The van der Waals surface area contributed by atoms with Crippen molar-refractivity contribution in [2.24, 2.45) is 5.10 Å². The predicted octanol–water partition coefficient (Wildman–Crippen LogP) is 3.21. The lowest BCUT2D eigenvalue weighted by molar-refractivity contribution is -0.384. The molecule has 15 nitrogen and oxygen atoms in total. The zero-order chi connectivity index (χ0) is 30.6. The predicted molar refractivity (Wildman–Crippen MR) is 159 cm³/mol. The van der Waals surface area contributed by atoms with Crippen LogP contribution in [0.4, 0.5) is 11.4 Å². The van der Waals surface area contributed by atoms with Crippen LogP contribution in [0, 0.1) is 10.1 Å². The number of rotatable bonds is 11. The molecule has 0 saturated carbocycles. The van der Waals surface area contributed by atoms with Gasteiger partial charge in [-0.1, -0.05) is 38.1 Å². The van der Waals surface area contributed by atoms with Crippen LogP contribution in [-0.2, 0) is 10.0 Å². The third-order valence-electron chi connectivity index (χ3n) is 6.25. The Bertz CT molecular complexity index is 1990. The van der Waals surface area contributed by atoms with E-state index in [-0.39, 0.29) is 34.3 Å². The number of nitrogens with zero attached hydrogens (tertiary/aromatic N) is 9. The Hall–Kier alpha value is -5.00. The lowest BCUT2D eigenvalue weighted by atomic mass is 10.3. The van der Waals surface area contributed by atoms with Gasteiger partial charge >= 0.3 is 0 Å². The van der Waals surface area contributed by atoms with E-state index in [0.717, 1.165) is 17.8 Å². The van der Waals surface area contributed by atoms with Crippen molar-refractivity contribution in [3.05, 3.63) is 99.0 Å². The Balaban J connectivity index is 1.51. The molecule has 43 heavy (non-hydrogen) atoms. The molecule has 0 atom stereocenters. The van der Waals surface area contributed by atoms with Gasteiger partial charge in [0, 0.05) is 25.4 Å². The largest absolute Gasteiger partial charge is 0.295 e. The van der Waals surface area contributed by atoms with Crippen LogP contribution in [0.15, 0.2) is 97.9 Å². The molecule has 220 valence electrons. The number of aromatic nitrogens is 6.